The van der Waals surface area contributed by atoms with E-state index in [4.69, 9.17) is 14.7 Å². The Morgan fingerprint density at radius 3 is 2.36 bits per heavy atom. The molecule has 0 bridgehead atoms. The summed E-state index contributed by atoms with van der Waals surface area (Å²) in [6.07, 6.45) is 3.19. The van der Waals surface area contributed by atoms with Gasteiger partial charge in [0.05, 0.1) is 24.4 Å². The van der Waals surface area contributed by atoms with Crippen LogP contribution in [0, 0.1) is 11.6 Å². The first-order valence-electron chi connectivity index (χ1n) is 14.2. The number of benzene rings is 3. The van der Waals surface area contributed by atoms with E-state index in [0.717, 1.165) is 0 Å². The van der Waals surface area contributed by atoms with Gasteiger partial charge in [-0.05, 0) is 60.7 Å². The predicted molar refractivity (Wildman–Crippen MR) is 168 cm³/mol. The third-order valence-corrected chi connectivity index (χ3v) is 7.32. The zero-order valence-electron chi connectivity index (χ0n) is 24.6. The van der Waals surface area contributed by atoms with E-state index in [1.165, 1.54) is 23.1 Å². The number of halogens is 2. The largest absolute Gasteiger partial charge is 0.378 e. The van der Waals surface area contributed by atoms with E-state index in [1.807, 2.05) is 4.90 Å². The van der Waals surface area contributed by atoms with Gasteiger partial charge in [-0.3, -0.25) is 9.78 Å². The third kappa shape index (κ3) is 6.41. The second-order valence-corrected chi connectivity index (χ2v) is 10.6. The van der Waals surface area contributed by atoms with E-state index in [0.29, 0.717) is 71.0 Å². The fourth-order valence-corrected chi connectivity index (χ4v) is 5.02. The lowest BCUT2D eigenvalue weighted by molar-refractivity contribution is 0.0827. The number of carbonyl (C=O) groups is 2. The van der Waals surface area contributed by atoms with Crippen LogP contribution in [0.5, 0.6) is 0 Å². The number of nitrogens with one attached hydrogen (secondary N) is 2. The van der Waals surface area contributed by atoms with Crippen LogP contribution in [-0.2, 0) is 4.74 Å². The van der Waals surface area contributed by atoms with Gasteiger partial charge < -0.3 is 25.2 Å². The fraction of sp³-hybridized carbons (Fsp3) is 0.182. The number of carbonyl (C=O) groups excluding carboxylic acids is 2. The number of amides is 3. The molecule has 1 aliphatic heterocycles. The maximum atomic E-state index is 15.4. The highest BCUT2D eigenvalue weighted by Crippen LogP contribution is 2.34. The Morgan fingerprint density at radius 2 is 1.67 bits per heavy atom. The number of rotatable bonds is 6. The summed E-state index contributed by atoms with van der Waals surface area (Å²) in [5.74, 6) is -0.521. The van der Waals surface area contributed by atoms with Gasteiger partial charge in [0.15, 0.2) is 5.82 Å². The molecule has 0 radical (unpaired) electrons. The summed E-state index contributed by atoms with van der Waals surface area (Å²) in [6.45, 7) is 2.09. The van der Waals surface area contributed by atoms with Crippen molar-refractivity contribution >= 4 is 40.0 Å². The molecule has 228 valence electrons. The topological polar surface area (TPSA) is 113 Å². The number of pyridine rings is 1. The van der Waals surface area contributed by atoms with E-state index in [-0.39, 0.29) is 17.4 Å². The van der Waals surface area contributed by atoms with Crippen molar-refractivity contribution in [2.75, 3.05) is 55.9 Å². The minimum atomic E-state index is -0.693. The number of hydrogen-bond acceptors (Lipinski definition) is 7. The van der Waals surface area contributed by atoms with Crippen molar-refractivity contribution in [1.29, 1.82) is 0 Å². The highest BCUT2D eigenvalue weighted by molar-refractivity contribution is 6.01. The van der Waals surface area contributed by atoms with Gasteiger partial charge in [0.1, 0.15) is 17.5 Å². The molecule has 0 spiro atoms. The van der Waals surface area contributed by atoms with Gasteiger partial charge in [-0.2, -0.15) is 0 Å². The molecule has 2 N–H and O–H groups in total. The van der Waals surface area contributed by atoms with Gasteiger partial charge in [-0.1, -0.05) is 6.07 Å². The first-order valence-corrected chi connectivity index (χ1v) is 14.2. The SMILES string of the molecule is CN(C)C(=O)c1ccc(NC(=O)Nc2ccc(-c3nc(N4CCOCC4)c4cc(F)c(-c5cccnc5)cc4n3)cc2F)cc1. The Hall–Kier alpha value is -5.49. The van der Waals surface area contributed by atoms with Gasteiger partial charge in [0, 0.05) is 72.9 Å². The van der Waals surface area contributed by atoms with E-state index in [2.05, 4.69) is 15.6 Å². The highest BCUT2D eigenvalue weighted by Gasteiger charge is 2.21. The quantitative estimate of drug-likeness (QED) is 0.250. The lowest BCUT2D eigenvalue weighted by Gasteiger charge is -2.29. The molecule has 12 heteroatoms. The summed E-state index contributed by atoms with van der Waals surface area (Å²) in [5.41, 5.74) is 2.66. The molecule has 3 aromatic carbocycles. The molecule has 0 saturated carbocycles. The number of ether oxygens (including phenoxy) is 1. The zero-order chi connectivity index (χ0) is 31.5. The zero-order valence-corrected chi connectivity index (χ0v) is 24.6. The standard InChI is InChI=1S/C33H29F2N7O3/c1-41(2)32(43)20-5-8-23(9-6-20)37-33(44)39-28-10-7-21(16-27(28)35)30-38-29-18-24(22-4-3-11-36-19-22)26(34)17-25(29)31(40-30)42-12-14-45-15-13-42/h3-11,16-19H,12-15H2,1-2H3,(H2,37,39,44). The molecule has 0 aliphatic carbocycles. The summed E-state index contributed by atoms with van der Waals surface area (Å²) in [7, 11) is 3.30. The molecule has 3 amide bonds. The summed E-state index contributed by atoms with van der Waals surface area (Å²) < 4.78 is 36.2. The molecular formula is C33H29F2N7O3. The van der Waals surface area contributed by atoms with Gasteiger partial charge in [-0.25, -0.2) is 23.5 Å². The summed E-state index contributed by atoms with van der Waals surface area (Å²) >= 11 is 0. The minimum Gasteiger partial charge on any atom is -0.378 e. The molecule has 1 fully saturated rings. The minimum absolute atomic E-state index is 0.0502. The second kappa shape index (κ2) is 12.6. The van der Waals surface area contributed by atoms with Gasteiger partial charge in [0.25, 0.3) is 5.91 Å². The van der Waals surface area contributed by atoms with Crippen molar-refractivity contribution in [1.82, 2.24) is 19.9 Å². The Labute approximate surface area is 257 Å². The molecule has 0 atom stereocenters. The Kier molecular flexibility index (Phi) is 8.30. The molecule has 5 aromatic rings. The Morgan fingerprint density at radius 1 is 0.889 bits per heavy atom. The smallest absolute Gasteiger partial charge is 0.323 e. The number of urea groups is 1. The van der Waals surface area contributed by atoms with E-state index in [9.17, 15) is 9.59 Å². The summed E-state index contributed by atoms with van der Waals surface area (Å²) in [4.78, 5) is 41.7. The van der Waals surface area contributed by atoms with Crippen molar-refractivity contribution in [3.63, 3.8) is 0 Å². The maximum Gasteiger partial charge on any atom is 0.323 e. The van der Waals surface area contributed by atoms with Crippen LogP contribution in [0.15, 0.2) is 79.1 Å². The first-order chi connectivity index (χ1) is 21.8. The van der Waals surface area contributed by atoms with Crippen LogP contribution >= 0.6 is 0 Å². The van der Waals surface area contributed by atoms with E-state index < -0.39 is 17.7 Å². The molecule has 6 rings (SSSR count). The van der Waals surface area contributed by atoms with Gasteiger partial charge in [0.2, 0.25) is 0 Å². The Balaban J connectivity index is 1.28. The molecule has 45 heavy (non-hydrogen) atoms. The first kappa shape index (κ1) is 29.6. The van der Waals surface area contributed by atoms with Gasteiger partial charge >= 0.3 is 6.03 Å². The highest BCUT2D eigenvalue weighted by atomic mass is 19.1. The molecule has 2 aromatic heterocycles. The lowest BCUT2D eigenvalue weighted by Crippen LogP contribution is -2.37. The van der Waals surface area contributed by atoms with Crippen molar-refractivity contribution in [2.45, 2.75) is 0 Å². The number of aromatic nitrogens is 3. The van der Waals surface area contributed by atoms with E-state index in [1.54, 1.807) is 75.0 Å². The molecular weight excluding hydrogens is 580 g/mol. The average molecular weight is 610 g/mol. The summed E-state index contributed by atoms with van der Waals surface area (Å²) in [5, 5.41) is 5.66. The second-order valence-electron chi connectivity index (χ2n) is 10.6. The average Bonchev–Trinajstić information content (AvgIpc) is 3.05. The Bertz CT molecular complexity index is 1880. The predicted octanol–water partition coefficient (Wildman–Crippen LogP) is 5.82. The molecule has 1 saturated heterocycles. The van der Waals surface area contributed by atoms with Crippen LogP contribution < -0.4 is 15.5 Å². The third-order valence-electron chi connectivity index (χ3n) is 7.32. The summed E-state index contributed by atoms with van der Waals surface area (Å²) in [6, 6.07) is 16.5. The number of morpholine rings is 1. The van der Waals surface area contributed by atoms with Crippen LogP contribution in [0.4, 0.5) is 30.8 Å². The number of hydrogen-bond donors (Lipinski definition) is 2. The van der Waals surface area contributed by atoms with Gasteiger partial charge in [-0.15, -0.1) is 0 Å². The van der Waals surface area contributed by atoms with E-state index >= 15 is 8.78 Å². The molecule has 0 unspecified atom stereocenters. The fourth-order valence-electron chi connectivity index (χ4n) is 5.02. The molecule has 1 aliphatic rings. The maximum absolute atomic E-state index is 15.4. The lowest BCUT2D eigenvalue weighted by atomic mass is 10.0. The van der Waals surface area contributed by atoms with Crippen LogP contribution in [0.1, 0.15) is 10.4 Å². The van der Waals surface area contributed by atoms with Crippen molar-refractivity contribution in [3.05, 3.63) is 96.3 Å². The number of anilines is 3. The van der Waals surface area contributed by atoms with Crippen molar-refractivity contribution < 1.29 is 23.1 Å². The molecule has 10 nitrogen and oxygen atoms in total. The van der Waals surface area contributed by atoms with Crippen LogP contribution in [0.3, 0.4) is 0 Å². The van der Waals surface area contributed by atoms with Crippen LogP contribution in [0.2, 0.25) is 0 Å². The monoisotopic (exact) mass is 609 g/mol. The van der Waals surface area contributed by atoms with Crippen LogP contribution in [0.25, 0.3) is 33.4 Å². The van der Waals surface area contributed by atoms with Crippen LogP contribution in [-0.4, -0.2) is 72.2 Å². The number of nitrogens with zero attached hydrogens (tertiary/aromatic N) is 5. The molecule has 3 heterocycles. The number of fused-ring (bicyclic) bond motifs is 1. The normalized spacial score (nSPS) is 13.0. The van der Waals surface area contributed by atoms with Crippen molar-refractivity contribution in [2.24, 2.45) is 0 Å². The van der Waals surface area contributed by atoms with Crippen molar-refractivity contribution in [3.8, 4) is 22.5 Å².